The number of rotatable bonds is 1. The minimum Gasteiger partial charge on any atom is -0.276 e. The SMILES string of the molecule is NN1CCc2c(cc(I)cc2-c2ccncc2)C1=O. The monoisotopic (exact) mass is 365 g/mol. The molecule has 0 atom stereocenters. The summed E-state index contributed by atoms with van der Waals surface area (Å²) >= 11 is 2.23. The molecule has 2 heterocycles. The summed E-state index contributed by atoms with van der Waals surface area (Å²) in [4.78, 5) is 16.2. The number of amides is 1. The molecule has 19 heavy (non-hydrogen) atoms. The van der Waals surface area contributed by atoms with Gasteiger partial charge in [-0.05, 0) is 70.0 Å². The number of hydrazine groups is 1. The van der Waals surface area contributed by atoms with E-state index < -0.39 is 0 Å². The van der Waals surface area contributed by atoms with E-state index in [2.05, 4.69) is 33.6 Å². The number of benzene rings is 1. The predicted molar refractivity (Wildman–Crippen MR) is 81.3 cm³/mol. The van der Waals surface area contributed by atoms with Crippen LogP contribution in [0.15, 0.2) is 36.7 Å². The topological polar surface area (TPSA) is 59.2 Å². The Balaban J connectivity index is 2.22. The number of hydrogen-bond acceptors (Lipinski definition) is 3. The van der Waals surface area contributed by atoms with Gasteiger partial charge in [0.15, 0.2) is 0 Å². The van der Waals surface area contributed by atoms with E-state index in [0.717, 1.165) is 26.7 Å². The van der Waals surface area contributed by atoms with Crippen LogP contribution in [0, 0.1) is 3.57 Å². The van der Waals surface area contributed by atoms with Gasteiger partial charge in [0, 0.05) is 28.1 Å². The molecule has 3 rings (SSSR count). The summed E-state index contributed by atoms with van der Waals surface area (Å²) in [5.41, 5.74) is 3.99. The van der Waals surface area contributed by atoms with Crippen molar-refractivity contribution >= 4 is 28.5 Å². The lowest BCUT2D eigenvalue weighted by Crippen LogP contribution is -2.42. The Hall–Kier alpha value is -1.47. The Labute approximate surface area is 124 Å². The van der Waals surface area contributed by atoms with Crippen LogP contribution in [0.3, 0.4) is 0 Å². The number of nitrogens with zero attached hydrogens (tertiary/aromatic N) is 2. The Kier molecular flexibility index (Phi) is 3.24. The van der Waals surface area contributed by atoms with Crippen molar-refractivity contribution in [3.8, 4) is 11.1 Å². The van der Waals surface area contributed by atoms with Crippen LogP contribution < -0.4 is 5.84 Å². The van der Waals surface area contributed by atoms with E-state index in [9.17, 15) is 4.79 Å². The summed E-state index contributed by atoms with van der Waals surface area (Å²) in [6.45, 7) is 0.560. The van der Waals surface area contributed by atoms with Crippen molar-refractivity contribution in [2.75, 3.05) is 6.54 Å². The zero-order valence-electron chi connectivity index (χ0n) is 10.1. The molecular weight excluding hydrogens is 353 g/mol. The normalized spacial score (nSPS) is 14.4. The molecule has 2 aromatic rings. The maximum atomic E-state index is 12.1. The number of carbonyl (C=O) groups excluding carboxylic acids is 1. The second-order valence-corrected chi connectivity index (χ2v) is 5.71. The molecule has 0 unspecified atom stereocenters. The molecule has 0 spiro atoms. The van der Waals surface area contributed by atoms with Crippen LogP contribution in [0.2, 0.25) is 0 Å². The van der Waals surface area contributed by atoms with E-state index in [1.54, 1.807) is 12.4 Å². The zero-order chi connectivity index (χ0) is 13.4. The number of fused-ring (bicyclic) bond motifs is 1. The summed E-state index contributed by atoms with van der Waals surface area (Å²) in [7, 11) is 0. The van der Waals surface area contributed by atoms with Gasteiger partial charge in [0.2, 0.25) is 0 Å². The largest absolute Gasteiger partial charge is 0.276 e. The van der Waals surface area contributed by atoms with Gasteiger partial charge in [-0.3, -0.25) is 14.8 Å². The first kappa shape index (κ1) is 12.6. The number of halogens is 1. The average Bonchev–Trinajstić information content (AvgIpc) is 2.44. The average molecular weight is 365 g/mol. The minimum absolute atomic E-state index is 0.102. The standard InChI is InChI=1S/C14H12IN3O/c15-10-7-12(9-1-4-17-5-2-9)11-3-6-18(16)14(19)13(11)8-10/h1-2,4-5,7-8H,3,6,16H2. The third-order valence-electron chi connectivity index (χ3n) is 3.30. The smallest absolute Gasteiger partial charge is 0.268 e. The van der Waals surface area contributed by atoms with Crippen LogP contribution in [0.1, 0.15) is 15.9 Å². The van der Waals surface area contributed by atoms with Crippen molar-refractivity contribution in [3.05, 3.63) is 51.4 Å². The molecular formula is C14H12IN3O. The zero-order valence-corrected chi connectivity index (χ0v) is 12.3. The van der Waals surface area contributed by atoms with Gasteiger partial charge in [0.05, 0.1) is 0 Å². The van der Waals surface area contributed by atoms with Crippen molar-refractivity contribution < 1.29 is 4.79 Å². The molecule has 0 saturated carbocycles. The van der Waals surface area contributed by atoms with Crippen molar-refractivity contribution in [1.29, 1.82) is 0 Å². The summed E-state index contributed by atoms with van der Waals surface area (Å²) < 4.78 is 1.03. The fourth-order valence-corrected chi connectivity index (χ4v) is 3.00. The Bertz CT molecular complexity index is 643. The number of hydrogen-bond donors (Lipinski definition) is 1. The highest BCUT2D eigenvalue weighted by atomic mass is 127. The number of pyridine rings is 1. The summed E-state index contributed by atoms with van der Waals surface area (Å²) in [5, 5.41) is 1.29. The molecule has 1 aromatic heterocycles. The lowest BCUT2D eigenvalue weighted by molar-refractivity contribution is 0.0740. The van der Waals surface area contributed by atoms with Gasteiger partial charge in [-0.25, -0.2) is 5.84 Å². The van der Waals surface area contributed by atoms with Gasteiger partial charge < -0.3 is 0 Å². The molecule has 1 aliphatic heterocycles. The van der Waals surface area contributed by atoms with Gasteiger partial charge in [0.1, 0.15) is 0 Å². The summed E-state index contributed by atoms with van der Waals surface area (Å²) in [6.07, 6.45) is 4.31. The van der Waals surface area contributed by atoms with Crippen LogP contribution >= 0.6 is 22.6 Å². The van der Waals surface area contributed by atoms with E-state index >= 15 is 0 Å². The number of carbonyl (C=O) groups is 1. The molecule has 96 valence electrons. The first-order valence-corrected chi connectivity index (χ1v) is 7.04. The molecule has 0 bridgehead atoms. The van der Waals surface area contributed by atoms with Crippen LogP contribution in [-0.2, 0) is 6.42 Å². The summed E-state index contributed by atoms with van der Waals surface area (Å²) in [5.74, 6) is 5.60. The first-order valence-electron chi connectivity index (χ1n) is 5.96. The van der Waals surface area contributed by atoms with E-state index in [-0.39, 0.29) is 5.91 Å². The van der Waals surface area contributed by atoms with Crippen LogP contribution in [-0.4, -0.2) is 22.4 Å². The van der Waals surface area contributed by atoms with Crippen LogP contribution in [0.4, 0.5) is 0 Å². The molecule has 2 N–H and O–H groups in total. The van der Waals surface area contributed by atoms with Gasteiger partial charge in [-0.15, -0.1) is 0 Å². The van der Waals surface area contributed by atoms with Crippen molar-refractivity contribution in [2.45, 2.75) is 6.42 Å². The predicted octanol–water partition coefficient (Wildman–Crippen LogP) is 2.23. The Morgan fingerprint density at radius 1 is 1.21 bits per heavy atom. The number of aromatic nitrogens is 1. The van der Waals surface area contributed by atoms with Gasteiger partial charge in [0.25, 0.3) is 5.91 Å². The van der Waals surface area contributed by atoms with Crippen molar-refractivity contribution in [2.24, 2.45) is 5.84 Å². The highest BCUT2D eigenvalue weighted by Crippen LogP contribution is 2.31. The minimum atomic E-state index is -0.102. The highest BCUT2D eigenvalue weighted by molar-refractivity contribution is 14.1. The Morgan fingerprint density at radius 2 is 1.89 bits per heavy atom. The lowest BCUT2D eigenvalue weighted by Gasteiger charge is -2.26. The Morgan fingerprint density at radius 3 is 2.63 bits per heavy atom. The molecule has 0 fully saturated rings. The number of nitrogens with two attached hydrogens (primary N) is 1. The quantitative estimate of drug-likeness (QED) is 0.479. The molecule has 5 heteroatoms. The lowest BCUT2D eigenvalue weighted by atomic mass is 9.91. The molecule has 1 aliphatic rings. The summed E-state index contributed by atoms with van der Waals surface area (Å²) in [6, 6.07) is 7.94. The van der Waals surface area contributed by atoms with Crippen LogP contribution in [0.25, 0.3) is 11.1 Å². The van der Waals surface area contributed by atoms with E-state index in [4.69, 9.17) is 5.84 Å². The molecule has 0 radical (unpaired) electrons. The maximum absolute atomic E-state index is 12.1. The molecule has 1 aromatic carbocycles. The van der Waals surface area contributed by atoms with E-state index in [0.29, 0.717) is 12.1 Å². The third-order valence-corrected chi connectivity index (χ3v) is 3.92. The van der Waals surface area contributed by atoms with Gasteiger partial charge in [-0.1, -0.05) is 0 Å². The van der Waals surface area contributed by atoms with Crippen molar-refractivity contribution in [3.63, 3.8) is 0 Å². The first-order chi connectivity index (χ1) is 9.16. The van der Waals surface area contributed by atoms with E-state index in [1.807, 2.05) is 18.2 Å². The van der Waals surface area contributed by atoms with Crippen LogP contribution in [0.5, 0.6) is 0 Å². The van der Waals surface area contributed by atoms with Gasteiger partial charge in [-0.2, -0.15) is 0 Å². The van der Waals surface area contributed by atoms with E-state index in [1.165, 1.54) is 5.01 Å². The molecule has 4 nitrogen and oxygen atoms in total. The molecule has 1 amide bonds. The highest BCUT2D eigenvalue weighted by Gasteiger charge is 2.25. The third kappa shape index (κ3) is 2.23. The fourth-order valence-electron chi connectivity index (χ4n) is 2.37. The molecule has 0 saturated heterocycles. The molecule has 0 aliphatic carbocycles. The second kappa shape index (κ2) is 4.90. The maximum Gasteiger partial charge on any atom is 0.268 e. The van der Waals surface area contributed by atoms with Crippen molar-refractivity contribution in [1.82, 2.24) is 9.99 Å². The second-order valence-electron chi connectivity index (χ2n) is 4.46. The van der Waals surface area contributed by atoms with Gasteiger partial charge >= 0.3 is 0 Å². The fraction of sp³-hybridized carbons (Fsp3) is 0.143.